The second-order valence-electron chi connectivity index (χ2n) is 5.90. The van der Waals surface area contributed by atoms with Crippen LogP contribution in [0.25, 0.3) is 11.3 Å². The van der Waals surface area contributed by atoms with Gasteiger partial charge in [-0.2, -0.15) is 5.10 Å². The molecule has 1 heterocycles. The van der Waals surface area contributed by atoms with Crippen molar-refractivity contribution in [3.8, 4) is 11.3 Å². The van der Waals surface area contributed by atoms with Gasteiger partial charge in [-0.15, -0.1) is 0 Å². The summed E-state index contributed by atoms with van der Waals surface area (Å²) in [6.45, 7) is 1.61. The molecule has 2 unspecified atom stereocenters. The molecule has 26 heavy (non-hydrogen) atoms. The number of carbonyl (C=O) groups is 1. The van der Waals surface area contributed by atoms with Crippen molar-refractivity contribution in [3.05, 3.63) is 76.7 Å². The third-order valence-corrected chi connectivity index (χ3v) is 4.29. The van der Waals surface area contributed by atoms with Crippen LogP contribution >= 0.6 is 11.6 Å². The number of aromatic nitrogens is 2. The number of nitrogens with one attached hydrogen (secondary N) is 2. The number of aromatic amines is 1. The Balaban J connectivity index is 1.79. The van der Waals surface area contributed by atoms with Gasteiger partial charge in [-0.25, -0.2) is 4.39 Å². The van der Waals surface area contributed by atoms with Crippen LogP contribution in [0.5, 0.6) is 0 Å². The van der Waals surface area contributed by atoms with Gasteiger partial charge in [0.15, 0.2) is 0 Å². The minimum absolute atomic E-state index is 0.127. The number of benzene rings is 2. The lowest BCUT2D eigenvalue weighted by Crippen LogP contribution is -2.37. The van der Waals surface area contributed by atoms with Crippen LogP contribution in [-0.4, -0.2) is 27.3 Å². The zero-order valence-corrected chi connectivity index (χ0v) is 14.7. The molecule has 0 radical (unpaired) electrons. The summed E-state index contributed by atoms with van der Waals surface area (Å²) in [5, 5.41) is 20.3. The molecule has 2 atom stereocenters. The first-order chi connectivity index (χ1) is 12.5. The van der Waals surface area contributed by atoms with Gasteiger partial charge in [0.1, 0.15) is 11.9 Å². The van der Waals surface area contributed by atoms with Gasteiger partial charge < -0.3 is 10.4 Å². The molecule has 7 heteroatoms. The number of aliphatic hydroxyl groups excluding tert-OH is 1. The van der Waals surface area contributed by atoms with E-state index in [1.165, 1.54) is 24.4 Å². The largest absolute Gasteiger partial charge is 0.386 e. The quantitative estimate of drug-likeness (QED) is 0.637. The topological polar surface area (TPSA) is 78.0 Å². The highest BCUT2D eigenvalue weighted by Crippen LogP contribution is 2.25. The monoisotopic (exact) mass is 373 g/mol. The second-order valence-corrected chi connectivity index (χ2v) is 6.33. The molecule has 0 aliphatic heterocycles. The Morgan fingerprint density at radius 3 is 2.77 bits per heavy atom. The summed E-state index contributed by atoms with van der Waals surface area (Å²) in [5.41, 5.74) is 1.66. The van der Waals surface area contributed by atoms with Gasteiger partial charge in [0, 0.05) is 16.1 Å². The predicted molar refractivity (Wildman–Crippen MR) is 97.3 cm³/mol. The average molecular weight is 374 g/mol. The van der Waals surface area contributed by atoms with Crippen LogP contribution in [0.3, 0.4) is 0 Å². The van der Waals surface area contributed by atoms with Crippen LogP contribution in [0, 0.1) is 5.82 Å². The Kier molecular flexibility index (Phi) is 5.35. The summed E-state index contributed by atoms with van der Waals surface area (Å²) in [7, 11) is 0. The number of H-pyrrole nitrogens is 1. The van der Waals surface area contributed by atoms with E-state index in [9.17, 15) is 14.3 Å². The smallest absolute Gasteiger partial charge is 0.255 e. The molecule has 0 spiro atoms. The highest BCUT2D eigenvalue weighted by atomic mass is 35.5. The Morgan fingerprint density at radius 2 is 2.04 bits per heavy atom. The van der Waals surface area contributed by atoms with E-state index < -0.39 is 23.9 Å². The molecule has 0 fully saturated rings. The van der Waals surface area contributed by atoms with E-state index in [2.05, 4.69) is 15.5 Å². The number of rotatable bonds is 5. The van der Waals surface area contributed by atoms with Crippen LogP contribution in [0.2, 0.25) is 5.02 Å². The molecule has 3 rings (SSSR count). The van der Waals surface area contributed by atoms with E-state index >= 15 is 0 Å². The van der Waals surface area contributed by atoms with Crippen molar-refractivity contribution in [3.63, 3.8) is 0 Å². The Bertz CT molecular complexity index is 928. The second kappa shape index (κ2) is 7.68. The minimum Gasteiger partial charge on any atom is -0.386 e. The van der Waals surface area contributed by atoms with Crippen molar-refractivity contribution in [2.45, 2.75) is 19.1 Å². The SMILES string of the molecule is CC(NC(=O)c1cn[nH]c1-c1cccc(Cl)c1)C(O)c1ccccc1F. The lowest BCUT2D eigenvalue weighted by Gasteiger charge is -2.21. The number of hydrogen-bond donors (Lipinski definition) is 3. The highest BCUT2D eigenvalue weighted by molar-refractivity contribution is 6.30. The fourth-order valence-electron chi connectivity index (χ4n) is 2.67. The molecule has 0 aliphatic carbocycles. The van der Waals surface area contributed by atoms with Gasteiger partial charge in [-0.3, -0.25) is 9.89 Å². The minimum atomic E-state index is -1.18. The maximum Gasteiger partial charge on any atom is 0.255 e. The molecule has 3 N–H and O–H groups in total. The molecule has 0 bridgehead atoms. The first-order valence-corrected chi connectivity index (χ1v) is 8.38. The molecular weight excluding hydrogens is 357 g/mol. The Hall–Kier alpha value is -2.70. The number of aliphatic hydroxyl groups is 1. The molecule has 1 aromatic heterocycles. The number of amides is 1. The van der Waals surface area contributed by atoms with Crippen molar-refractivity contribution in [1.82, 2.24) is 15.5 Å². The number of nitrogens with zero attached hydrogens (tertiary/aromatic N) is 1. The number of carbonyl (C=O) groups excluding carboxylic acids is 1. The fraction of sp³-hybridized carbons (Fsp3) is 0.158. The van der Waals surface area contributed by atoms with E-state index in [1.54, 1.807) is 37.3 Å². The zero-order chi connectivity index (χ0) is 18.7. The fourth-order valence-corrected chi connectivity index (χ4v) is 2.86. The lowest BCUT2D eigenvalue weighted by atomic mass is 10.0. The summed E-state index contributed by atoms with van der Waals surface area (Å²) in [6.07, 6.45) is 0.218. The Labute approximate surface area is 154 Å². The molecule has 134 valence electrons. The van der Waals surface area contributed by atoms with Gasteiger partial charge in [0.05, 0.1) is 23.5 Å². The van der Waals surface area contributed by atoms with Crippen molar-refractivity contribution in [2.75, 3.05) is 0 Å². The average Bonchev–Trinajstić information content (AvgIpc) is 3.11. The normalized spacial score (nSPS) is 13.2. The van der Waals surface area contributed by atoms with Gasteiger partial charge in [0.25, 0.3) is 5.91 Å². The molecule has 0 saturated carbocycles. The molecule has 1 amide bonds. The van der Waals surface area contributed by atoms with Gasteiger partial charge in [0.2, 0.25) is 0 Å². The van der Waals surface area contributed by atoms with Crippen molar-refractivity contribution >= 4 is 17.5 Å². The van der Waals surface area contributed by atoms with Gasteiger partial charge in [-0.1, -0.05) is 41.9 Å². The van der Waals surface area contributed by atoms with Crippen molar-refractivity contribution in [1.29, 1.82) is 0 Å². The Morgan fingerprint density at radius 1 is 1.27 bits per heavy atom. The maximum absolute atomic E-state index is 13.8. The van der Waals surface area contributed by atoms with E-state index in [0.717, 1.165) is 0 Å². The first kappa shape index (κ1) is 18.1. The van der Waals surface area contributed by atoms with E-state index in [4.69, 9.17) is 11.6 Å². The third kappa shape index (κ3) is 3.76. The van der Waals surface area contributed by atoms with Crippen LogP contribution < -0.4 is 5.32 Å². The van der Waals surface area contributed by atoms with Crippen LogP contribution in [0.15, 0.2) is 54.7 Å². The van der Waals surface area contributed by atoms with Crippen LogP contribution in [-0.2, 0) is 0 Å². The van der Waals surface area contributed by atoms with E-state index in [0.29, 0.717) is 21.8 Å². The summed E-state index contributed by atoms with van der Waals surface area (Å²) in [6, 6.07) is 12.2. The summed E-state index contributed by atoms with van der Waals surface area (Å²) >= 11 is 6.00. The zero-order valence-electron chi connectivity index (χ0n) is 13.9. The third-order valence-electron chi connectivity index (χ3n) is 4.05. The predicted octanol–water partition coefficient (Wildman–Crippen LogP) is 3.72. The maximum atomic E-state index is 13.8. The van der Waals surface area contributed by atoms with E-state index in [-0.39, 0.29) is 5.56 Å². The van der Waals surface area contributed by atoms with Crippen molar-refractivity contribution < 1.29 is 14.3 Å². The van der Waals surface area contributed by atoms with Gasteiger partial charge in [-0.05, 0) is 25.1 Å². The lowest BCUT2D eigenvalue weighted by molar-refractivity contribution is 0.0846. The molecule has 0 saturated heterocycles. The van der Waals surface area contributed by atoms with Crippen LogP contribution in [0.4, 0.5) is 4.39 Å². The van der Waals surface area contributed by atoms with Crippen molar-refractivity contribution in [2.24, 2.45) is 0 Å². The first-order valence-electron chi connectivity index (χ1n) is 8.00. The highest BCUT2D eigenvalue weighted by Gasteiger charge is 2.23. The molecule has 5 nitrogen and oxygen atoms in total. The summed E-state index contributed by atoms with van der Waals surface area (Å²) < 4.78 is 13.8. The van der Waals surface area contributed by atoms with Gasteiger partial charge >= 0.3 is 0 Å². The summed E-state index contributed by atoms with van der Waals surface area (Å²) in [5.74, 6) is -0.958. The number of halogens is 2. The van der Waals surface area contributed by atoms with Crippen LogP contribution in [0.1, 0.15) is 28.9 Å². The molecule has 0 aliphatic rings. The molecule has 3 aromatic rings. The standard InChI is InChI=1S/C19H17ClFN3O2/c1-11(18(25)14-7-2-3-8-16(14)21)23-19(26)15-10-22-24-17(15)12-5-4-6-13(20)9-12/h2-11,18,25H,1H3,(H,22,24)(H,23,26). The number of hydrogen-bond acceptors (Lipinski definition) is 3. The van der Waals surface area contributed by atoms with E-state index in [1.807, 2.05) is 0 Å². The molecule has 2 aromatic carbocycles. The summed E-state index contributed by atoms with van der Waals surface area (Å²) in [4.78, 5) is 12.6. The molecular formula is C19H17ClFN3O2.